The molecule has 6 aliphatic rings. The summed E-state index contributed by atoms with van der Waals surface area (Å²) in [4.78, 5) is 129. The number of ether oxygens (including phenoxy) is 2. The molecule has 0 spiro atoms. The van der Waals surface area contributed by atoms with Crippen molar-refractivity contribution in [1.29, 1.82) is 0 Å². The fourth-order valence-electron chi connectivity index (χ4n) is 19.6. The predicted octanol–water partition coefficient (Wildman–Crippen LogP) is 11.5. The third-order valence-corrected chi connectivity index (χ3v) is 26.0. The van der Waals surface area contributed by atoms with E-state index in [0.29, 0.717) is 71.5 Å². The second kappa shape index (κ2) is 48.6. The number of likely N-dealkylation sites (tertiary alicyclic amines) is 2. The number of carboxylic acids is 2. The maximum absolute atomic E-state index is 14.0. The predicted molar refractivity (Wildman–Crippen MR) is 502 cm³/mol. The average molecular weight is 1780 g/mol. The average Bonchev–Trinajstić information content (AvgIpc) is 1.56. The van der Waals surface area contributed by atoms with Gasteiger partial charge in [0, 0.05) is 84.7 Å². The van der Waals surface area contributed by atoms with Gasteiger partial charge in [-0.05, 0) is 119 Å². The molecule has 0 aromatic heterocycles. The van der Waals surface area contributed by atoms with Crippen molar-refractivity contribution in [3.8, 4) is 0 Å². The van der Waals surface area contributed by atoms with Gasteiger partial charge in [0.2, 0.25) is 29.5 Å². The van der Waals surface area contributed by atoms with Crippen molar-refractivity contribution >= 4 is 53.4 Å². The van der Waals surface area contributed by atoms with Gasteiger partial charge in [-0.25, -0.2) is 14.4 Å². The fraction of sp³-hybridized carbons (Fsp3) is 0.406. The molecule has 9 aromatic carbocycles. The van der Waals surface area contributed by atoms with Crippen LogP contribution < -0.4 is 24.2 Å². The minimum absolute atomic E-state index is 0. The topological polar surface area (TPSA) is 280 Å². The van der Waals surface area contributed by atoms with Crippen LogP contribution in [0.3, 0.4) is 0 Å². The summed E-state index contributed by atoms with van der Waals surface area (Å²) in [6, 6.07) is 89.9. The van der Waals surface area contributed by atoms with Crippen LogP contribution in [-0.2, 0) is 69.2 Å². The van der Waals surface area contributed by atoms with Crippen LogP contribution in [0, 0.1) is 35.5 Å². The third-order valence-electron chi connectivity index (χ3n) is 26.0. The first-order valence-corrected chi connectivity index (χ1v) is 44.6. The number of carboxylic acid groups (broad SMARTS) is 2. The van der Waals surface area contributed by atoms with E-state index in [1.54, 1.807) is 26.0 Å². The van der Waals surface area contributed by atoms with Gasteiger partial charge in [0.05, 0.1) is 39.4 Å². The number of hydrogen-bond acceptors (Lipinski definition) is 16. The summed E-state index contributed by atoms with van der Waals surface area (Å²) in [6.07, 6.45) is 3.91. The number of rotatable bonds is 27. The molecule has 9 atom stereocenters. The van der Waals surface area contributed by atoms with E-state index in [1.807, 2.05) is 179 Å². The second-order valence-corrected chi connectivity index (χ2v) is 34.8. The zero-order chi connectivity index (χ0) is 92.7. The summed E-state index contributed by atoms with van der Waals surface area (Å²) in [5.74, 6) is -3.14. The molecule has 9 aromatic rings. The van der Waals surface area contributed by atoms with Crippen molar-refractivity contribution in [1.82, 2.24) is 44.5 Å². The Morgan fingerprint density at radius 3 is 0.763 bits per heavy atom. The molecule has 5 amide bonds. The van der Waals surface area contributed by atoms with Crippen LogP contribution in [0.15, 0.2) is 273 Å². The zero-order valence-corrected chi connectivity index (χ0v) is 77.0. The summed E-state index contributed by atoms with van der Waals surface area (Å²) < 4.78 is 25.2. The summed E-state index contributed by atoms with van der Waals surface area (Å²) >= 11 is 0. The van der Waals surface area contributed by atoms with Crippen molar-refractivity contribution in [2.24, 2.45) is 35.5 Å². The summed E-state index contributed by atoms with van der Waals surface area (Å²) in [5.41, 5.74) is 8.09. The molecular formula is C106H131FLiN9O14. The standard InChI is InChI=1S/C35H41N3O4.C34H39N3O4.C22H19NO2.C13H24N2O3.CH3F.CH4.Li.H2O/c1-25(2)31(34(41)42-4)36(3)32(39)26-20-22-37(23-21-26)33(40)30-24-38(30)35(27-14-8-5-9-15-27,28-16-10-6-11-17-28)29-18-12-7-13-19-29;1-24(2)30(33(40)41)35(3)31(38)25-19-21-36(22-20-25)32(39)29-23-37(29)34(26-13-7-4-8-14-26,27-15-9-5-10-16-27)28-17-11-6-12-18-28;24-21(25)20-16-23(20)22(17-10-4-1-5-11-17,18-12-6-2-7-13-18)19-14-8-3-9-15-19;1-9(2)11(13(17)18-4)15(3)12(16)10-5-7-14-8-6-10;1-2;;;/h5-19,25-26,30-31H,20-24H2,1-4H3;4-18,24-25,29-30H,19-23H2,1-3H3,(H,40,41);1-15,20H,16H2,(H,24,25);9-11,14H,5-8H2,1-4H3;1H3;1H4;;1H2/q;;;;;;+1;/p-1/t30-,31+,38?;29-,30+,37?;20-,23?;11-;;;;/m1110..../s1/i;;;;1D;;;. The van der Waals surface area contributed by atoms with Crippen LogP contribution in [0.5, 0.6) is 0 Å². The maximum Gasteiger partial charge on any atom is 1.00 e. The first-order valence-electron chi connectivity index (χ1n) is 45.3. The number of likely N-dealkylation sites (N-methyl/N-ethyl adjacent to an activating group) is 3. The van der Waals surface area contributed by atoms with E-state index < -0.39 is 65.8 Å². The molecule has 25 heteroatoms. The Hall–Kier alpha value is -11.5. The number of halogens is 1. The third kappa shape index (κ3) is 23.4. The van der Waals surface area contributed by atoms with Gasteiger partial charge in [-0.3, -0.25) is 47.9 Å². The van der Waals surface area contributed by atoms with Gasteiger partial charge in [-0.1, -0.05) is 322 Å². The van der Waals surface area contributed by atoms with Crippen LogP contribution in [0.25, 0.3) is 0 Å². The Morgan fingerprint density at radius 1 is 0.374 bits per heavy atom. The maximum atomic E-state index is 14.0. The number of carbonyl (C=O) groups is 9. The molecule has 3 unspecified atom stereocenters. The van der Waals surface area contributed by atoms with E-state index in [4.69, 9.17) is 10.8 Å². The largest absolute Gasteiger partial charge is 1.00 e. The van der Waals surface area contributed by atoms with Crippen LogP contribution in [-0.4, -0.2) is 246 Å². The van der Waals surface area contributed by atoms with Crippen molar-refractivity contribution in [2.75, 3.05) is 101 Å². The van der Waals surface area contributed by atoms with E-state index >= 15 is 0 Å². The SMILES string of the molecule is C.CC(C)[C@@H](C(=O)O)N(C)C(=O)C1CCN(C(=O)[C@H]2CN2C(c2ccccc2)(c2ccccc2)c2ccccc2)CC1.COC(=O)[C@H](C(C)C)N(C)C(=O)C1CCN(C(=O)[C@H]2CN2C(c2ccccc2)(c2ccccc2)c2ccccc2)CC1.COC(=O)[C@H](C(C)C)N(C)C(=O)C1CCNCC1.O=C(O)[C@H]1CN1C(c1ccccc1)(c1ccccc1)c1ccccc1.[2H]CF.[Li+].[OH-]. The molecule has 0 saturated carbocycles. The van der Waals surface area contributed by atoms with Gasteiger partial charge >= 0.3 is 42.7 Å². The molecule has 23 nitrogen and oxygen atoms in total. The van der Waals surface area contributed by atoms with Crippen LogP contribution >= 0.6 is 0 Å². The Bertz CT molecular complexity index is 4840. The molecule has 4 N–H and O–H groups in total. The van der Waals surface area contributed by atoms with Crippen molar-refractivity contribution in [2.45, 2.75) is 140 Å². The number of carbonyl (C=O) groups excluding carboxylic acids is 7. The second-order valence-electron chi connectivity index (χ2n) is 34.8. The molecule has 692 valence electrons. The number of amides is 5. The first-order chi connectivity index (χ1) is 62.2. The monoisotopic (exact) mass is 1780 g/mol. The molecule has 0 radical (unpaired) electrons. The fourth-order valence-corrected chi connectivity index (χ4v) is 19.6. The first kappa shape index (κ1) is 103. The van der Waals surface area contributed by atoms with Gasteiger partial charge in [-0.2, -0.15) is 0 Å². The normalized spacial score (nSPS) is 18.9. The molecule has 0 bridgehead atoms. The van der Waals surface area contributed by atoms with Gasteiger partial charge in [-0.15, -0.1) is 0 Å². The Morgan fingerprint density at radius 2 is 0.573 bits per heavy atom. The molecule has 6 aliphatic heterocycles. The number of nitrogens with one attached hydrogen (secondary N) is 1. The van der Waals surface area contributed by atoms with E-state index in [0.717, 1.165) is 76.0 Å². The molecule has 6 fully saturated rings. The minimum atomic E-state index is -1.00. The zero-order valence-electron chi connectivity index (χ0n) is 78.0. The molecule has 131 heavy (non-hydrogen) atoms. The van der Waals surface area contributed by atoms with E-state index in [1.165, 1.54) is 24.0 Å². The number of benzene rings is 9. The number of esters is 2. The van der Waals surface area contributed by atoms with Crippen molar-refractivity contribution in [3.63, 3.8) is 0 Å². The number of methoxy groups -OCH3 is 2. The van der Waals surface area contributed by atoms with Gasteiger partial charge < -0.3 is 55.0 Å². The van der Waals surface area contributed by atoms with Crippen LogP contribution in [0.4, 0.5) is 4.39 Å². The summed E-state index contributed by atoms with van der Waals surface area (Å²) in [7, 11) is 6.67. The van der Waals surface area contributed by atoms with E-state index in [9.17, 15) is 57.8 Å². The number of nitrogens with zero attached hydrogens (tertiary/aromatic N) is 8. The number of aliphatic carboxylic acids is 2. The Kier molecular flexibility index (Phi) is 38.3. The number of hydrogen-bond donors (Lipinski definition) is 3. The minimum Gasteiger partial charge on any atom is -0.870 e. The number of alkyl halides is 1. The molecule has 15 rings (SSSR count). The van der Waals surface area contributed by atoms with Crippen molar-refractivity contribution < 1.29 is 92.9 Å². The van der Waals surface area contributed by atoms with Crippen LogP contribution in [0.1, 0.15) is 139 Å². The number of piperidine rings is 3. The van der Waals surface area contributed by atoms with Crippen molar-refractivity contribution in [3.05, 3.63) is 323 Å². The Labute approximate surface area is 786 Å². The Balaban J connectivity index is 0.000000223. The van der Waals surface area contributed by atoms with Gasteiger partial charge in [0.25, 0.3) is 0 Å². The van der Waals surface area contributed by atoms with Gasteiger partial charge in [0.15, 0.2) is 0 Å². The van der Waals surface area contributed by atoms with E-state index in [2.05, 4.69) is 166 Å². The summed E-state index contributed by atoms with van der Waals surface area (Å²) in [5, 5.41) is 22.4. The molecule has 0 aliphatic carbocycles. The smallest absolute Gasteiger partial charge is 0.870 e. The molecule has 6 heterocycles. The summed E-state index contributed by atoms with van der Waals surface area (Å²) in [6.45, 7) is 16.9. The molecule has 6 saturated heterocycles. The van der Waals surface area contributed by atoms with Crippen LogP contribution in [0.2, 0.25) is 0 Å². The quantitative estimate of drug-likeness (QED) is 0.0187. The van der Waals surface area contributed by atoms with Gasteiger partial charge in [0.1, 0.15) is 36.3 Å². The van der Waals surface area contributed by atoms with E-state index in [-0.39, 0.29) is 115 Å². The molecular weight excluding hydrogens is 1650 g/mol.